The van der Waals surface area contributed by atoms with Crippen molar-refractivity contribution in [3.63, 3.8) is 0 Å². The van der Waals surface area contributed by atoms with Crippen molar-refractivity contribution in [2.45, 2.75) is 135 Å². The normalized spacial score (nSPS) is 11.7. The molecule has 48 heavy (non-hydrogen) atoms. The van der Waals surface area contributed by atoms with Crippen molar-refractivity contribution in [2.24, 2.45) is 0 Å². The van der Waals surface area contributed by atoms with Crippen LogP contribution in [0.2, 0.25) is 0 Å². The number of nitrogens with one attached hydrogen (secondary N) is 2. The Morgan fingerprint density at radius 1 is 0.500 bits per heavy atom. The van der Waals surface area contributed by atoms with Crippen molar-refractivity contribution in [3.8, 4) is 0 Å². The van der Waals surface area contributed by atoms with Crippen LogP contribution in [0.25, 0.3) is 0 Å². The third-order valence-corrected chi connectivity index (χ3v) is 7.62. The van der Waals surface area contributed by atoms with E-state index in [1.54, 1.807) is 0 Å². The summed E-state index contributed by atoms with van der Waals surface area (Å²) >= 11 is 0. The van der Waals surface area contributed by atoms with Gasteiger partial charge in [0.15, 0.2) is 0 Å². The van der Waals surface area contributed by atoms with Gasteiger partial charge in [-0.3, -0.25) is 14.4 Å². The number of hydrogen-bond donors (Lipinski definition) is 4. The zero-order chi connectivity index (χ0) is 35.5. The zero-order valence-corrected chi connectivity index (χ0v) is 29.4. The van der Waals surface area contributed by atoms with E-state index >= 15 is 0 Å². The fourth-order valence-corrected chi connectivity index (χ4v) is 4.83. The number of aliphatic carboxylic acids is 2. The SMILES string of the molecule is CC(=O)CCC(NC(=O)CCOCCOCCOCCOCCNC(=O)CCCCCCCCCCCCCCCCC(=O)O)C(=O)O. The number of carboxylic acids is 2. The average molecular weight is 689 g/mol. The van der Waals surface area contributed by atoms with Crippen molar-refractivity contribution in [1.29, 1.82) is 0 Å². The molecule has 0 aliphatic carbocycles. The fourth-order valence-electron chi connectivity index (χ4n) is 4.83. The Labute approximate surface area is 287 Å². The predicted molar refractivity (Wildman–Crippen MR) is 182 cm³/mol. The molecule has 0 aromatic rings. The van der Waals surface area contributed by atoms with Crippen LogP contribution in [-0.4, -0.2) is 105 Å². The number of rotatable bonds is 37. The highest BCUT2D eigenvalue weighted by Gasteiger charge is 2.20. The molecule has 0 aliphatic heterocycles. The van der Waals surface area contributed by atoms with Crippen molar-refractivity contribution in [2.75, 3.05) is 59.4 Å². The van der Waals surface area contributed by atoms with Gasteiger partial charge in [0.1, 0.15) is 11.8 Å². The molecular weight excluding hydrogens is 624 g/mol. The number of carbonyl (C=O) groups excluding carboxylic acids is 3. The van der Waals surface area contributed by atoms with E-state index < -0.39 is 23.9 Å². The van der Waals surface area contributed by atoms with E-state index in [9.17, 15) is 24.0 Å². The minimum Gasteiger partial charge on any atom is -0.481 e. The molecule has 0 radical (unpaired) electrons. The predicted octanol–water partition coefficient (Wildman–Crippen LogP) is 4.82. The summed E-state index contributed by atoms with van der Waals surface area (Å²) in [6, 6.07) is -1.09. The molecule has 0 saturated heterocycles. The van der Waals surface area contributed by atoms with E-state index in [1.165, 1.54) is 64.7 Å². The van der Waals surface area contributed by atoms with Gasteiger partial charge >= 0.3 is 11.9 Å². The van der Waals surface area contributed by atoms with Crippen molar-refractivity contribution >= 4 is 29.5 Å². The van der Waals surface area contributed by atoms with Gasteiger partial charge in [-0.15, -0.1) is 0 Å². The van der Waals surface area contributed by atoms with E-state index in [-0.39, 0.29) is 44.2 Å². The molecule has 1 unspecified atom stereocenters. The Hall–Kier alpha value is -2.61. The van der Waals surface area contributed by atoms with Crippen LogP contribution >= 0.6 is 0 Å². The monoisotopic (exact) mass is 688 g/mol. The molecule has 0 heterocycles. The summed E-state index contributed by atoms with van der Waals surface area (Å²) in [5.74, 6) is -2.38. The lowest BCUT2D eigenvalue weighted by molar-refractivity contribution is -0.142. The van der Waals surface area contributed by atoms with E-state index in [0.717, 1.165) is 32.1 Å². The second-order valence-corrected chi connectivity index (χ2v) is 12.1. The van der Waals surface area contributed by atoms with Crippen LogP contribution in [0.3, 0.4) is 0 Å². The summed E-state index contributed by atoms with van der Waals surface area (Å²) in [5, 5.41) is 23.0. The number of ether oxygens (including phenoxy) is 4. The fraction of sp³-hybridized carbons (Fsp3) is 0.857. The number of carboxylic acid groups (broad SMARTS) is 2. The van der Waals surface area contributed by atoms with Gasteiger partial charge in [-0.25, -0.2) is 4.79 Å². The van der Waals surface area contributed by atoms with Crippen molar-refractivity contribution in [1.82, 2.24) is 10.6 Å². The highest BCUT2D eigenvalue weighted by atomic mass is 16.6. The highest BCUT2D eigenvalue weighted by Crippen LogP contribution is 2.13. The average Bonchev–Trinajstić information content (AvgIpc) is 3.04. The first-order chi connectivity index (χ1) is 23.2. The zero-order valence-electron chi connectivity index (χ0n) is 29.4. The van der Waals surface area contributed by atoms with Crippen LogP contribution in [0, 0.1) is 0 Å². The Bertz CT molecular complexity index is 841. The summed E-state index contributed by atoms with van der Waals surface area (Å²) in [5.41, 5.74) is 0. The van der Waals surface area contributed by atoms with E-state index in [0.29, 0.717) is 59.0 Å². The summed E-state index contributed by atoms with van der Waals surface area (Å²) < 4.78 is 21.6. The Morgan fingerprint density at radius 3 is 1.35 bits per heavy atom. The standard InChI is InChI=1S/C35H64N2O11/c1-30(38)18-19-31(35(43)44)37-33(40)20-22-45-24-26-47-28-29-48-27-25-46-23-21-36-32(39)16-14-12-10-8-6-4-2-3-5-7-9-11-13-15-17-34(41)42/h31H,2-29H2,1H3,(H,36,39)(H,37,40)(H,41,42)(H,43,44). The molecule has 13 nitrogen and oxygen atoms in total. The third kappa shape index (κ3) is 34.7. The number of carbonyl (C=O) groups is 5. The van der Waals surface area contributed by atoms with Gasteiger partial charge in [0, 0.05) is 32.2 Å². The number of hydrogen-bond acceptors (Lipinski definition) is 9. The molecule has 0 aromatic carbocycles. The maximum absolute atomic E-state index is 12.0. The van der Waals surface area contributed by atoms with E-state index in [1.807, 2.05) is 0 Å². The first kappa shape index (κ1) is 45.4. The van der Waals surface area contributed by atoms with Crippen LogP contribution < -0.4 is 10.6 Å². The Kier molecular flexibility index (Phi) is 32.4. The molecule has 0 saturated carbocycles. The van der Waals surface area contributed by atoms with Gasteiger partial charge in [-0.2, -0.15) is 0 Å². The minimum atomic E-state index is -1.17. The maximum Gasteiger partial charge on any atom is 0.326 e. The number of Topliss-reactive ketones (excluding diaryl/α,β-unsaturated/α-hetero) is 1. The highest BCUT2D eigenvalue weighted by molar-refractivity contribution is 5.84. The van der Waals surface area contributed by atoms with Crippen LogP contribution in [0.4, 0.5) is 0 Å². The second-order valence-electron chi connectivity index (χ2n) is 12.1. The molecule has 0 aliphatic rings. The molecule has 0 aromatic heterocycles. The summed E-state index contributed by atoms with van der Waals surface area (Å²) in [6.07, 6.45) is 17.3. The quantitative estimate of drug-likeness (QED) is 0.0656. The van der Waals surface area contributed by atoms with Crippen LogP contribution in [0.1, 0.15) is 129 Å². The first-order valence-corrected chi connectivity index (χ1v) is 18.0. The maximum atomic E-state index is 12.0. The van der Waals surface area contributed by atoms with E-state index in [2.05, 4.69) is 10.6 Å². The molecule has 0 spiro atoms. The Morgan fingerprint density at radius 2 is 0.917 bits per heavy atom. The van der Waals surface area contributed by atoms with Crippen molar-refractivity contribution < 1.29 is 53.1 Å². The second kappa shape index (κ2) is 34.3. The van der Waals surface area contributed by atoms with Gasteiger partial charge in [-0.1, -0.05) is 77.0 Å². The lowest BCUT2D eigenvalue weighted by Crippen LogP contribution is -2.41. The van der Waals surface area contributed by atoms with Gasteiger partial charge in [0.05, 0.1) is 52.9 Å². The molecule has 1 atom stereocenters. The topological polar surface area (TPSA) is 187 Å². The minimum absolute atomic E-state index is 0.0156. The number of unbranched alkanes of at least 4 members (excludes halogenated alkanes) is 13. The van der Waals surface area contributed by atoms with Crippen LogP contribution in [-0.2, 0) is 42.9 Å². The molecule has 13 heteroatoms. The van der Waals surface area contributed by atoms with Crippen LogP contribution in [0.5, 0.6) is 0 Å². The molecule has 0 bridgehead atoms. The van der Waals surface area contributed by atoms with Crippen molar-refractivity contribution in [3.05, 3.63) is 0 Å². The lowest BCUT2D eigenvalue weighted by atomic mass is 10.0. The summed E-state index contributed by atoms with van der Waals surface area (Å²) in [6.45, 7) is 4.68. The first-order valence-electron chi connectivity index (χ1n) is 18.0. The molecule has 2 amide bonds. The molecule has 0 rings (SSSR count). The smallest absolute Gasteiger partial charge is 0.326 e. The van der Waals surface area contributed by atoms with Gasteiger partial charge in [0.2, 0.25) is 11.8 Å². The van der Waals surface area contributed by atoms with E-state index in [4.69, 9.17) is 29.2 Å². The summed E-state index contributed by atoms with van der Waals surface area (Å²) in [7, 11) is 0. The molecule has 4 N–H and O–H groups in total. The molecule has 280 valence electrons. The van der Waals surface area contributed by atoms with Gasteiger partial charge in [-0.05, 0) is 26.2 Å². The van der Waals surface area contributed by atoms with Gasteiger partial charge < -0.3 is 44.6 Å². The lowest BCUT2D eigenvalue weighted by Gasteiger charge is -2.13. The molecule has 0 fully saturated rings. The largest absolute Gasteiger partial charge is 0.481 e. The Balaban J connectivity index is 3.33. The summed E-state index contributed by atoms with van der Waals surface area (Å²) in [4.78, 5) is 56.5. The number of ketones is 1. The molecular formula is C35H64N2O11. The van der Waals surface area contributed by atoms with Gasteiger partial charge in [0.25, 0.3) is 0 Å². The van der Waals surface area contributed by atoms with Crippen LogP contribution in [0.15, 0.2) is 0 Å². The number of amides is 2. The third-order valence-electron chi connectivity index (χ3n) is 7.62.